The van der Waals surface area contributed by atoms with Gasteiger partial charge < -0.3 is 14.6 Å². The first-order chi connectivity index (χ1) is 10.8. The molecule has 2 aromatic rings. The normalized spacial score (nSPS) is 11.8. The van der Waals surface area contributed by atoms with Gasteiger partial charge >= 0.3 is 5.97 Å². The second-order valence-corrected chi connectivity index (χ2v) is 12.2. The molecule has 0 saturated carbocycles. The van der Waals surface area contributed by atoms with E-state index in [0.29, 0.717) is 12.0 Å². The molecule has 0 radical (unpaired) electrons. The molecule has 23 heavy (non-hydrogen) atoms. The molecule has 0 fully saturated rings. The summed E-state index contributed by atoms with van der Waals surface area (Å²) in [6.45, 7) is 9.84. The van der Waals surface area contributed by atoms with E-state index in [9.17, 15) is 9.90 Å². The van der Waals surface area contributed by atoms with Crippen molar-refractivity contribution in [2.45, 2.75) is 39.3 Å². The predicted octanol–water partition coefficient (Wildman–Crippen LogP) is 3.23. The van der Waals surface area contributed by atoms with Gasteiger partial charge in [0.25, 0.3) is 0 Å². The van der Waals surface area contributed by atoms with Crippen LogP contribution in [0.4, 0.5) is 0 Å². The minimum atomic E-state index is -1.14. The van der Waals surface area contributed by atoms with Crippen molar-refractivity contribution in [3.8, 4) is 5.75 Å². The summed E-state index contributed by atoms with van der Waals surface area (Å²) in [6.07, 6.45) is 0. The summed E-state index contributed by atoms with van der Waals surface area (Å²) in [5.41, 5.74) is 0.936. The van der Waals surface area contributed by atoms with Crippen molar-refractivity contribution in [2.24, 2.45) is 0 Å². The smallest absolute Gasteiger partial charge is 0.359 e. The van der Waals surface area contributed by atoms with Gasteiger partial charge in [0.2, 0.25) is 0 Å². The number of hydrogen-bond donors (Lipinski definition) is 1. The first-order valence-electron chi connectivity index (χ1n) is 7.76. The molecule has 126 valence electrons. The van der Waals surface area contributed by atoms with Crippen LogP contribution in [-0.4, -0.2) is 42.1 Å². The minimum Gasteiger partial charge on any atom is -0.508 e. The van der Waals surface area contributed by atoms with Crippen LogP contribution >= 0.6 is 0 Å². The molecule has 6 nitrogen and oxygen atoms in total. The predicted molar refractivity (Wildman–Crippen MR) is 91.5 cm³/mol. The molecule has 1 heterocycles. The third-order valence-electron chi connectivity index (χ3n) is 3.41. The highest BCUT2D eigenvalue weighted by atomic mass is 28.3. The molecule has 0 spiro atoms. The molecular formula is C16H24N2O4Si. The van der Waals surface area contributed by atoms with Crippen molar-refractivity contribution in [2.75, 3.05) is 13.2 Å². The molecule has 0 aliphatic carbocycles. The number of aromatic nitrogens is 2. The third kappa shape index (κ3) is 4.55. The van der Waals surface area contributed by atoms with E-state index in [4.69, 9.17) is 9.47 Å². The zero-order valence-corrected chi connectivity index (χ0v) is 15.1. The second-order valence-electron chi connectivity index (χ2n) is 6.62. The zero-order chi connectivity index (χ0) is 17.0. The molecule has 1 N–H and O–H groups in total. The Morgan fingerprint density at radius 1 is 1.35 bits per heavy atom. The van der Waals surface area contributed by atoms with Crippen LogP contribution in [0.2, 0.25) is 25.7 Å². The van der Waals surface area contributed by atoms with Gasteiger partial charge in [-0.15, -0.1) is 0 Å². The molecule has 0 atom stereocenters. The number of rotatable bonds is 7. The Hall–Kier alpha value is -1.86. The van der Waals surface area contributed by atoms with Gasteiger partial charge in [-0.25, -0.2) is 9.48 Å². The molecule has 2 rings (SSSR count). The van der Waals surface area contributed by atoms with E-state index in [-0.39, 0.29) is 24.8 Å². The summed E-state index contributed by atoms with van der Waals surface area (Å²) >= 11 is 0. The van der Waals surface area contributed by atoms with Crippen molar-refractivity contribution in [3.05, 3.63) is 23.9 Å². The van der Waals surface area contributed by atoms with Crippen LogP contribution in [-0.2, 0) is 16.2 Å². The van der Waals surface area contributed by atoms with Crippen LogP contribution < -0.4 is 0 Å². The maximum atomic E-state index is 12.0. The molecule has 0 aliphatic heterocycles. The Morgan fingerprint density at radius 3 is 2.74 bits per heavy atom. The van der Waals surface area contributed by atoms with Crippen LogP contribution in [0.5, 0.6) is 5.75 Å². The first-order valence-corrected chi connectivity index (χ1v) is 11.5. The topological polar surface area (TPSA) is 73.6 Å². The van der Waals surface area contributed by atoms with Crippen molar-refractivity contribution in [3.63, 3.8) is 0 Å². The summed E-state index contributed by atoms with van der Waals surface area (Å²) in [4.78, 5) is 12.0. The number of fused-ring (bicyclic) bond motifs is 1. The second kappa shape index (κ2) is 7.14. The lowest BCUT2D eigenvalue weighted by Gasteiger charge is -2.15. The van der Waals surface area contributed by atoms with Crippen molar-refractivity contribution in [1.82, 2.24) is 9.78 Å². The van der Waals surface area contributed by atoms with Gasteiger partial charge in [0.1, 0.15) is 12.5 Å². The number of hydrogen-bond acceptors (Lipinski definition) is 5. The molecule has 7 heteroatoms. The molecular weight excluding hydrogens is 312 g/mol. The molecule has 1 aromatic heterocycles. The average molecular weight is 336 g/mol. The number of phenolic OH excluding ortho intramolecular Hbond substituents is 1. The van der Waals surface area contributed by atoms with E-state index >= 15 is 0 Å². The lowest BCUT2D eigenvalue weighted by atomic mass is 10.2. The molecule has 0 amide bonds. The quantitative estimate of drug-likeness (QED) is 0.477. The van der Waals surface area contributed by atoms with E-state index in [0.717, 1.165) is 11.6 Å². The SMILES string of the molecule is CCOC(=O)c1nn(COCC[Si](C)(C)C)c2ccc(O)cc12. The number of ether oxygens (including phenoxy) is 2. The number of carbonyl (C=O) groups excluding carboxylic acids is 1. The van der Waals surface area contributed by atoms with E-state index in [2.05, 4.69) is 24.7 Å². The summed E-state index contributed by atoms with van der Waals surface area (Å²) in [5.74, 6) is -0.411. The van der Waals surface area contributed by atoms with Gasteiger partial charge in [0.05, 0.1) is 12.1 Å². The summed E-state index contributed by atoms with van der Waals surface area (Å²) in [6, 6.07) is 5.88. The standard InChI is InChI=1S/C16H24N2O4Si/c1-5-22-16(20)15-13-10-12(19)6-7-14(13)18(17-15)11-21-8-9-23(2,3)4/h6-7,10,19H,5,8-9,11H2,1-4H3. The maximum Gasteiger partial charge on any atom is 0.359 e. The summed E-state index contributed by atoms with van der Waals surface area (Å²) in [5, 5.41) is 14.5. The Bertz CT molecular complexity index is 691. The molecule has 0 aliphatic rings. The Kier molecular flexibility index (Phi) is 5.43. The van der Waals surface area contributed by atoms with E-state index in [1.54, 1.807) is 23.7 Å². The monoisotopic (exact) mass is 336 g/mol. The fourth-order valence-electron chi connectivity index (χ4n) is 2.15. The number of carbonyl (C=O) groups is 1. The number of aromatic hydroxyl groups is 1. The molecule has 0 bridgehead atoms. The van der Waals surface area contributed by atoms with E-state index in [1.165, 1.54) is 6.07 Å². The van der Waals surface area contributed by atoms with Gasteiger partial charge in [-0.3, -0.25) is 0 Å². The van der Waals surface area contributed by atoms with Gasteiger partial charge in [-0.05, 0) is 31.2 Å². The van der Waals surface area contributed by atoms with Crippen molar-refractivity contribution >= 4 is 24.9 Å². The van der Waals surface area contributed by atoms with Gasteiger partial charge in [0.15, 0.2) is 5.69 Å². The largest absolute Gasteiger partial charge is 0.508 e. The lowest BCUT2D eigenvalue weighted by Crippen LogP contribution is -2.22. The van der Waals surface area contributed by atoms with Crippen LogP contribution in [0.3, 0.4) is 0 Å². The van der Waals surface area contributed by atoms with E-state index in [1.807, 2.05) is 0 Å². The highest BCUT2D eigenvalue weighted by Gasteiger charge is 2.19. The lowest BCUT2D eigenvalue weighted by molar-refractivity contribution is 0.0513. The van der Waals surface area contributed by atoms with Gasteiger partial charge in [0, 0.05) is 20.1 Å². The third-order valence-corrected chi connectivity index (χ3v) is 5.12. The fraction of sp³-hybridized carbons (Fsp3) is 0.500. The summed E-state index contributed by atoms with van der Waals surface area (Å²) < 4.78 is 12.4. The van der Waals surface area contributed by atoms with Crippen molar-refractivity contribution < 1.29 is 19.4 Å². The molecule has 0 saturated heterocycles. The Morgan fingerprint density at radius 2 is 2.09 bits per heavy atom. The number of nitrogens with zero attached hydrogens (tertiary/aromatic N) is 2. The Balaban J connectivity index is 2.21. The number of esters is 1. The van der Waals surface area contributed by atoms with Crippen LogP contribution in [0.15, 0.2) is 18.2 Å². The minimum absolute atomic E-state index is 0.0854. The number of phenols is 1. The average Bonchev–Trinajstić information content (AvgIpc) is 2.81. The van der Waals surface area contributed by atoms with Crippen LogP contribution in [0.25, 0.3) is 10.9 Å². The highest BCUT2D eigenvalue weighted by Crippen LogP contribution is 2.24. The maximum absolute atomic E-state index is 12.0. The van der Waals surface area contributed by atoms with E-state index < -0.39 is 14.0 Å². The molecule has 0 unspecified atom stereocenters. The fourth-order valence-corrected chi connectivity index (χ4v) is 2.90. The highest BCUT2D eigenvalue weighted by molar-refractivity contribution is 6.76. The van der Waals surface area contributed by atoms with Crippen LogP contribution in [0.1, 0.15) is 17.4 Å². The zero-order valence-electron chi connectivity index (χ0n) is 14.1. The van der Waals surface area contributed by atoms with Gasteiger partial charge in [-0.2, -0.15) is 5.10 Å². The summed E-state index contributed by atoms with van der Waals surface area (Å²) in [7, 11) is -1.14. The Labute approximate surface area is 137 Å². The van der Waals surface area contributed by atoms with Crippen molar-refractivity contribution in [1.29, 1.82) is 0 Å². The van der Waals surface area contributed by atoms with Gasteiger partial charge in [-0.1, -0.05) is 19.6 Å². The van der Waals surface area contributed by atoms with Crippen LogP contribution in [0, 0.1) is 0 Å². The molecule has 1 aromatic carbocycles. The first kappa shape index (κ1) is 17.5. The number of benzene rings is 1.